The first-order chi connectivity index (χ1) is 16.8. The van der Waals surface area contributed by atoms with Crippen LogP contribution in [0.4, 0.5) is 26.3 Å². The summed E-state index contributed by atoms with van der Waals surface area (Å²) < 4.78 is 84.1. The fourth-order valence-electron chi connectivity index (χ4n) is 5.13. The molecule has 3 aromatic carbocycles. The van der Waals surface area contributed by atoms with E-state index in [1.807, 2.05) is 13.0 Å². The van der Waals surface area contributed by atoms with E-state index in [0.29, 0.717) is 11.5 Å². The van der Waals surface area contributed by atoms with Crippen molar-refractivity contribution in [3.05, 3.63) is 89.0 Å². The van der Waals surface area contributed by atoms with Gasteiger partial charge in [0.05, 0.1) is 11.1 Å². The lowest BCUT2D eigenvalue weighted by atomic mass is 9.77. The number of rotatable bonds is 6. The maximum absolute atomic E-state index is 15.1. The smallest absolute Gasteiger partial charge is 0.206 e. The zero-order valence-electron chi connectivity index (χ0n) is 19.4. The topological polar surface area (TPSA) is 0 Å². The lowest BCUT2D eigenvalue weighted by Gasteiger charge is -2.29. The van der Waals surface area contributed by atoms with Gasteiger partial charge in [0.15, 0.2) is 0 Å². The van der Waals surface area contributed by atoms with Crippen LogP contribution in [0.3, 0.4) is 0 Å². The van der Waals surface area contributed by atoms with E-state index in [0.717, 1.165) is 44.6 Å². The molecule has 3 aromatic rings. The number of halogens is 6. The van der Waals surface area contributed by atoms with Crippen molar-refractivity contribution in [2.24, 2.45) is 5.92 Å². The summed E-state index contributed by atoms with van der Waals surface area (Å²) in [5, 5.41) is -0.0979. The van der Waals surface area contributed by atoms with Crippen molar-refractivity contribution in [3.8, 4) is 11.1 Å². The third kappa shape index (κ3) is 5.47. The van der Waals surface area contributed by atoms with Crippen LogP contribution in [0.2, 0.25) is 0 Å². The number of benzene rings is 3. The molecule has 35 heavy (non-hydrogen) atoms. The molecule has 1 fully saturated rings. The zero-order valence-corrected chi connectivity index (χ0v) is 19.4. The normalized spacial score (nSPS) is 18.4. The van der Waals surface area contributed by atoms with E-state index < -0.39 is 34.9 Å². The molecule has 1 aliphatic carbocycles. The molecule has 1 saturated carbocycles. The maximum Gasteiger partial charge on any atom is 0.271 e. The summed E-state index contributed by atoms with van der Waals surface area (Å²) in [6.45, 7) is 2.00. The minimum atomic E-state index is -2.23. The molecule has 4 rings (SSSR count). The third-order valence-corrected chi connectivity index (χ3v) is 6.97. The predicted molar refractivity (Wildman–Crippen MR) is 128 cm³/mol. The van der Waals surface area contributed by atoms with E-state index in [1.165, 1.54) is 30.3 Å². The van der Waals surface area contributed by atoms with Gasteiger partial charge in [-0.3, -0.25) is 0 Å². The molecule has 0 aliphatic heterocycles. The molecule has 0 unspecified atom stereocenters. The molecule has 184 valence electrons. The molecule has 0 N–H and O–H groups in total. The van der Waals surface area contributed by atoms with E-state index >= 15 is 8.78 Å². The van der Waals surface area contributed by atoms with E-state index in [9.17, 15) is 17.6 Å². The van der Waals surface area contributed by atoms with Crippen molar-refractivity contribution in [3.63, 3.8) is 0 Å². The van der Waals surface area contributed by atoms with Crippen LogP contribution in [-0.4, -0.2) is 0 Å². The fourth-order valence-corrected chi connectivity index (χ4v) is 5.13. The molecule has 0 nitrogen and oxygen atoms in total. The van der Waals surface area contributed by atoms with Gasteiger partial charge in [0, 0.05) is 11.5 Å². The van der Waals surface area contributed by atoms with Crippen molar-refractivity contribution >= 4 is 16.8 Å². The van der Waals surface area contributed by atoms with Gasteiger partial charge in [0.2, 0.25) is 0 Å². The molecule has 0 radical (unpaired) electrons. The van der Waals surface area contributed by atoms with Crippen molar-refractivity contribution in [1.29, 1.82) is 0 Å². The van der Waals surface area contributed by atoms with Crippen molar-refractivity contribution in [2.45, 2.75) is 51.4 Å². The Kier molecular flexibility index (Phi) is 7.68. The Morgan fingerprint density at radius 1 is 0.886 bits per heavy atom. The minimum Gasteiger partial charge on any atom is -0.206 e. The van der Waals surface area contributed by atoms with Crippen LogP contribution in [0.1, 0.15) is 62.5 Å². The lowest BCUT2D eigenvalue weighted by molar-refractivity contribution is 0.311. The van der Waals surface area contributed by atoms with Crippen LogP contribution in [-0.2, 0) is 0 Å². The van der Waals surface area contributed by atoms with Gasteiger partial charge in [-0.15, -0.1) is 0 Å². The van der Waals surface area contributed by atoms with Gasteiger partial charge >= 0.3 is 0 Å². The molecule has 0 aromatic heterocycles. The third-order valence-electron chi connectivity index (χ3n) is 6.97. The highest BCUT2D eigenvalue weighted by Gasteiger charge is 2.24. The van der Waals surface area contributed by atoms with Crippen molar-refractivity contribution in [2.75, 3.05) is 0 Å². The summed E-state index contributed by atoms with van der Waals surface area (Å²) in [5.74, 6) is -3.10. The first-order valence-corrected chi connectivity index (χ1v) is 11.8. The summed E-state index contributed by atoms with van der Waals surface area (Å²) in [7, 11) is 0. The second kappa shape index (κ2) is 10.7. The van der Waals surface area contributed by atoms with E-state index in [4.69, 9.17) is 0 Å². The summed E-state index contributed by atoms with van der Waals surface area (Å²) in [5.41, 5.74) is -0.400. The molecule has 0 atom stereocenters. The predicted octanol–water partition coefficient (Wildman–Crippen LogP) is 9.93. The first-order valence-electron chi connectivity index (χ1n) is 11.8. The van der Waals surface area contributed by atoms with Crippen LogP contribution < -0.4 is 0 Å². The average molecular weight is 489 g/mol. The van der Waals surface area contributed by atoms with E-state index in [1.54, 1.807) is 0 Å². The Morgan fingerprint density at radius 3 is 2.20 bits per heavy atom. The first kappa shape index (κ1) is 25.1. The molecule has 0 amide bonds. The standard InChI is InChI=1S/C29H26F6/c1-2-3-4-5-17-6-8-18(9-7-17)20-13-25(31)28(26(32)14-20)19-10-11-22-21(12-19)15-24(30)23(29(22)35)16-27(33)34/h2-3,10-18H,4-9H2,1H3/b3-2+. The summed E-state index contributed by atoms with van der Waals surface area (Å²) in [4.78, 5) is 0. The van der Waals surface area contributed by atoms with Gasteiger partial charge in [-0.25, -0.2) is 17.6 Å². The number of fused-ring (bicyclic) bond motifs is 1. The molecule has 0 bridgehead atoms. The Hall–Kier alpha value is -3.02. The summed E-state index contributed by atoms with van der Waals surface area (Å²) >= 11 is 0. The monoisotopic (exact) mass is 488 g/mol. The van der Waals surface area contributed by atoms with Gasteiger partial charge in [-0.1, -0.05) is 24.3 Å². The number of hydrogen-bond donors (Lipinski definition) is 0. The molecule has 0 heterocycles. The van der Waals surface area contributed by atoms with Crippen LogP contribution in [0.15, 0.2) is 54.6 Å². The van der Waals surface area contributed by atoms with Crippen LogP contribution in [0.25, 0.3) is 28.0 Å². The molecule has 0 saturated heterocycles. The van der Waals surface area contributed by atoms with Gasteiger partial charge in [-0.05, 0) is 98.1 Å². The molecule has 0 spiro atoms. The SMILES string of the molecule is C/C=C/CCC1CCC(c2cc(F)c(-c3ccc4c(F)c(C=C(F)F)c(F)cc4c3)c(F)c2)CC1. The minimum absolute atomic E-state index is 0.0213. The van der Waals surface area contributed by atoms with E-state index in [-0.39, 0.29) is 33.9 Å². The number of allylic oxidation sites excluding steroid dienone is 2. The Labute approximate surface area is 201 Å². The second-order valence-corrected chi connectivity index (χ2v) is 9.18. The quantitative estimate of drug-likeness (QED) is 0.239. The molecular weight excluding hydrogens is 462 g/mol. The Morgan fingerprint density at radius 2 is 1.57 bits per heavy atom. The van der Waals surface area contributed by atoms with Gasteiger partial charge in [0.1, 0.15) is 23.3 Å². The van der Waals surface area contributed by atoms with Crippen LogP contribution in [0, 0.1) is 29.2 Å². The Bertz CT molecular complexity index is 1260. The highest BCUT2D eigenvalue weighted by atomic mass is 19.3. The molecular formula is C29H26F6. The van der Waals surface area contributed by atoms with Crippen LogP contribution >= 0.6 is 0 Å². The second-order valence-electron chi connectivity index (χ2n) is 9.18. The zero-order chi connectivity index (χ0) is 25.1. The highest BCUT2D eigenvalue weighted by molar-refractivity contribution is 5.90. The van der Waals surface area contributed by atoms with Gasteiger partial charge in [-0.2, -0.15) is 8.78 Å². The fraction of sp³-hybridized carbons (Fsp3) is 0.310. The molecule has 6 heteroatoms. The van der Waals surface area contributed by atoms with Gasteiger partial charge < -0.3 is 0 Å². The van der Waals surface area contributed by atoms with Crippen molar-refractivity contribution in [1.82, 2.24) is 0 Å². The van der Waals surface area contributed by atoms with Crippen molar-refractivity contribution < 1.29 is 26.3 Å². The summed E-state index contributed by atoms with van der Waals surface area (Å²) in [6.07, 6.45) is 8.08. The maximum atomic E-state index is 15.1. The molecule has 1 aliphatic rings. The van der Waals surface area contributed by atoms with Gasteiger partial charge in [0.25, 0.3) is 6.08 Å². The largest absolute Gasteiger partial charge is 0.271 e. The lowest BCUT2D eigenvalue weighted by Crippen LogP contribution is -2.14. The highest BCUT2D eigenvalue weighted by Crippen LogP contribution is 2.40. The average Bonchev–Trinajstić information content (AvgIpc) is 2.81. The summed E-state index contributed by atoms with van der Waals surface area (Å²) in [6, 6.07) is 7.38. The van der Waals surface area contributed by atoms with E-state index in [2.05, 4.69) is 6.08 Å². The van der Waals surface area contributed by atoms with Crippen LogP contribution in [0.5, 0.6) is 0 Å². The number of hydrogen-bond acceptors (Lipinski definition) is 0. The Balaban J connectivity index is 1.60.